The second kappa shape index (κ2) is 18.3. The Morgan fingerprint density at radius 2 is 1.44 bits per heavy atom. The van der Waals surface area contributed by atoms with Crippen molar-refractivity contribution in [3.63, 3.8) is 0 Å². The van der Waals surface area contributed by atoms with Gasteiger partial charge in [0.2, 0.25) is 11.8 Å². The van der Waals surface area contributed by atoms with E-state index in [1.807, 2.05) is 151 Å². The van der Waals surface area contributed by atoms with Crippen LogP contribution in [0.25, 0.3) is 21.3 Å². The van der Waals surface area contributed by atoms with Gasteiger partial charge in [-0.1, -0.05) is 156 Å². The molecule has 0 aliphatic carbocycles. The Balaban J connectivity index is 1.11. The maximum atomic E-state index is 16.7. The Morgan fingerprint density at radius 1 is 0.767 bits per heavy atom. The van der Waals surface area contributed by atoms with Crippen LogP contribution in [-0.4, -0.2) is 59.8 Å². The zero-order valence-corrected chi connectivity index (χ0v) is 39.9. The molecule has 14 nitrogen and oxygen atoms in total. The minimum absolute atomic E-state index is 0.0379. The Kier molecular flexibility index (Phi) is 11.3. The van der Waals surface area contributed by atoms with Crippen molar-refractivity contribution in [3.8, 4) is 17.6 Å². The van der Waals surface area contributed by atoms with E-state index in [1.54, 1.807) is 35.0 Å². The molecular formula is C58H44N8O6S. The van der Waals surface area contributed by atoms with Gasteiger partial charge >= 0.3 is 12.0 Å². The number of morpholine rings is 1. The maximum Gasteiger partial charge on any atom is 0.329 e. The van der Waals surface area contributed by atoms with Crippen molar-refractivity contribution in [2.45, 2.75) is 49.2 Å². The van der Waals surface area contributed by atoms with Gasteiger partial charge in [0, 0.05) is 5.56 Å². The standard InChI is InChI=1S/C58H44N8O6S/c1-35(37-17-5-2-6-18-37)59-57(71)65-45-32-27-36(16-15-33-64-46-25-13-11-23-43(46)62-63-64)34-42(45)58(55(65)70)48(53(68)61-56-60-44-24-12-14-26-47(44)73-56)50-54(69)72-51(39-21-9-4-10-22-39)49(38-19-7-3-8-20-38)66(50)52(58)40-28-30-41(67)31-29-40/h2-14,17-32,34-35,48-52,67H,33H2,1H3,(H,59,71)(H,60,61,68)/t35-,48-,49-,50-,51+,52+,58-/m1/s1. The third-order valence-electron chi connectivity index (χ3n) is 14.2. The zero-order chi connectivity index (χ0) is 49.8. The first-order valence-corrected chi connectivity index (χ1v) is 24.7. The minimum Gasteiger partial charge on any atom is -0.508 e. The van der Waals surface area contributed by atoms with Gasteiger partial charge in [-0.15, -0.1) is 5.10 Å². The average Bonchev–Trinajstić information content (AvgIpc) is 4.17. The molecule has 0 radical (unpaired) electrons. The van der Waals surface area contributed by atoms with E-state index in [0.29, 0.717) is 27.8 Å². The number of hydrogen-bond donors (Lipinski definition) is 3. The van der Waals surface area contributed by atoms with E-state index >= 15 is 19.2 Å². The predicted molar refractivity (Wildman–Crippen MR) is 276 cm³/mol. The van der Waals surface area contributed by atoms with E-state index < -0.39 is 65.4 Å². The highest BCUT2D eigenvalue weighted by molar-refractivity contribution is 7.22. The van der Waals surface area contributed by atoms with Gasteiger partial charge in [-0.3, -0.25) is 19.3 Å². The molecule has 2 saturated heterocycles. The van der Waals surface area contributed by atoms with Gasteiger partial charge in [-0.2, -0.15) is 0 Å². The Labute approximate surface area is 422 Å². The number of urea groups is 1. The lowest BCUT2D eigenvalue weighted by Crippen LogP contribution is -2.55. The zero-order valence-electron chi connectivity index (χ0n) is 39.1. The normalized spacial score (nSPS) is 21.5. The van der Waals surface area contributed by atoms with Crippen LogP contribution in [0.2, 0.25) is 0 Å². The summed E-state index contributed by atoms with van der Waals surface area (Å²) in [6.45, 7) is 2.01. The molecule has 358 valence electrons. The van der Waals surface area contributed by atoms with Gasteiger partial charge in [0.05, 0.1) is 45.5 Å². The number of amides is 4. The number of phenols is 1. The fourth-order valence-corrected chi connectivity index (χ4v) is 11.9. The van der Waals surface area contributed by atoms with Crippen LogP contribution in [0.5, 0.6) is 5.75 Å². The number of imide groups is 1. The molecule has 15 heteroatoms. The number of hydrogen-bond acceptors (Lipinski definition) is 11. The largest absolute Gasteiger partial charge is 0.508 e. The minimum atomic E-state index is -2.07. The highest BCUT2D eigenvalue weighted by Crippen LogP contribution is 2.66. The second-order valence-electron chi connectivity index (χ2n) is 18.3. The smallest absolute Gasteiger partial charge is 0.329 e. The number of aromatic nitrogens is 4. The number of rotatable bonds is 8. The Hall–Kier alpha value is -8.97. The molecule has 1 spiro atoms. The number of nitrogens with one attached hydrogen (secondary N) is 2. The van der Waals surface area contributed by atoms with E-state index in [1.165, 1.54) is 23.5 Å². The molecular weight excluding hydrogens is 937 g/mol. The third-order valence-corrected chi connectivity index (χ3v) is 15.2. The first-order valence-electron chi connectivity index (χ1n) is 23.8. The van der Waals surface area contributed by atoms with Gasteiger partial charge in [0.15, 0.2) is 5.13 Å². The molecule has 4 amide bonds. The van der Waals surface area contributed by atoms with Crippen molar-refractivity contribution in [2.24, 2.45) is 5.92 Å². The topological polar surface area (TPSA) is 172 Å². The van der Waals surface area contributed by atoms with Crippen molar-refractivity contribution >= 4 is 67.2 Å². The van der Waals surface area contributed by atoms with Crippen molar-refractivity contribution < 1.29 is 29.0 Å². The van der Waals surface area contributed by atoms with Crippen LogP contribution in [0.3, 0.4) is 0 Å². The Bertz CT molecular complexity index is 3640. The number of thiazole rings is 1. The molecule has 3 N–H and O–H groups in total. The first kappa shape index (κ1) is 45.2. The summed E-state index contributed by atoms with van der Waals surface area (Å²) in [5.74, 6) is 2.72. The number of fused-ring (bicyclic) bond motifs is 5. The number of cyclic esters (lactones) is 1. The van der Waals surface area contributed by atoms with Crippen LogP contribution >= 0.6 is 11.3 Å². The van der Waals surface area contributed by atoms with Gasteiger partial charge < -0.3 is 20.5 Å². The van der Waals surface area contributed by atoms with Crippen LogP contribution in [0, 0.1) is 17.8 Å². The van der Waals surface area contributed by atoms with Crippen LogP contribution in [0.1, 0.15) is 64.5 Å². The number of benzene rings is 7. The number of aromatic hydroxyl groups is 1. The fourth-order valence-electron chi connectivity index (χ4n) is 11.1. The SMILES string of the molecule is C[C@@H](NC(=O)N1C(=O)[C@@]2(c3cc(C#CCn4nnc5ccccc54)ccc31)[C@H](c1ccc(O)cc1)N1[C@H](c3ccccc3)[C@H](c3ccccc3)OC(=O)[C@H]1[C@@H]2C(=O)Nc1nc2ccccc2s1)c1ccccc1. The molecule has 3 aliphatic heterocycles. The molecule has 5 heterocycles. The number of ether oxygens (including phenoxy) is 1. The van der Waals surface area contributed by atoms with E-state index in [9.17, 15) is 5.11 Å². The number of para-hydroxylation sites is 2. The summed E-state index contributed by atoms with van der Waals surface area (Å²) >= 11 is 1.26. The number of esters is 1. The molecule has 3 aliphatic rings. The summed E-state index contributed by atoms with van der Waals surface area (Å²) in [5, 5.41) is 25.8. The van der Waals surface area contributed by atoms with Gasteiger partial charge in [-0.25, -0.2) is 19.4 Å². The lowest BCUT2D eigenvalue weighted by molar-refractivity contribution is -0.177. The maximum absolute atomic E-state index is 16.7. The predicted octanol–water partition coefficient (Wildman–Crippen LogP) is 9.57. The molecule has 0 unspecified atom stereocenters. The quantitative estimate of drug-likeness (QED) is 0.0984. The summed E-state index contributed by atoms with van der Waals surface area (Å²) < 4.78 is 9.13. The molecule has 7 atom stereocenters. The van der Waals surface area contributed by atoms with Crippen molar-refractivity contribution in [1.29, 1.82) is 0 Å². The second-order valence-corrected chi connectivity index (χ2v) is 19.4. The summed E-state index contributed by atoms with van der Waals surface area (Å²) in [6, 6.07) is 50.3. The van der Waals surface area contributed by atoms with E-state index in [-0.39, 0.29) is 23.1 Å². The number of phenolic OH excluding ortho intramolecular Hbond substituents is 1. The summed E-state index contributed by atoms with van der Waals surface area (Å²) in [4.78, 5) is 71.3. The highest BCUT2D eigenvalue weighted by Gasteiger charge is 2.75. The lowest BCUT2D eigenvalue weighted by atomic mass is 9.65. The van der Waals surface area contributed by atoms with Gasteiger partial charge in [0.1, 0.15) is 35.4 Å². The lowest BCUT2D eigenvalue weighted by Gasteiger charge is -2.46. The molecule has 12 rings (SSSR count). The number of carbonyl (C=O) groups is 4. The van der Waals surface area contributed by atoms with Gasteiger partial charge in [0.25, 0.3) is 0 Å². The summed E-state index contributed by atoms with van der Waals surface area (Å²) in [6.07, 6.45) is -0.928. The summed E-state index contributed by atoms with van der Waals surface area (Å²) in [5.41, 5.74) is 3.82. The molecule has 7 aromatic carbocycles. The van der Waals surface area contributed by atoms with Crippen molar-refractivity contribution in [3.05, 3.63) is 215 Å². The van der Waals surface area contributed by atoms with E-state index in [2.05, 4.69) is 32.8 Å². The monoisotopic (exact) mass is 980 g/mol. The summed E-state index contributed by atoms with van der Waals surface area (Å²) in [7, 11) is 0. The molecule has 73 heavy (non-hydrogen) atoms. The van der Waals surface area contributed by atoms with Gasteiger partial charge in [-0.05, 0) is 89.3 Å². The first-order chi connectivity index (χ1) is 35.7. The molecule has 2 aromatic heterocycles. The third kappa shape index (κ3) is 7.66. The van der Waals surface area contributed by atoms with E-state index in [0.717, 1.165) is 31.8 Å². The number of nitrogens with zero attached hydrogens (tertiary/aromatic N) is 6. The highest BCUT2D eigenvalue weighted by atomic mass is 32.1. The van der Waals surface area contributed by atoms with Crippen LogP contribution in [0.15, 0.2) is 182 Å². The fraction of sp³-hybridized carbons (Fsp3) is 0.155. The molecule has 0 saturated carbocycles. The molecule has 9 aromatic rings. The van der Waals surface area contributed by atoms with Crippen LogP contribution in [0.4, 0.5) is 15.6 Å². The molecule has 0 bridgehead atoms. The Morgan fingerprint density at radius 3 is 2.18 bits per heavy atom. The van der Waals surface area contributed by atoms with Crippen molar-refractivity contribution in [2.75, 3.05) is 10.2 Å². The van der Waals surface area contributed by atoms with Crippen LogP contribution in [-0.2, 0) is 31.1 Å². The van der Waals surface area contributed by atoms with Crippen molar-refractivity contribution in [1.82, 2.24) is 30.2 Å². The average molecular weight is 981 g/mol. The number of carbonyl (C=O) groups excluding carboxylic acids is 4. The van der Waals surface area contributed by atoms with Crippen LogP contribution < -0.4 is 15.5 Å². The molecule has 2 fully saturated rings. The number of anilines is 2. The van der Waals surface area contributed by atoms with E-state index in [4.69, 9.17) is 9.72 Å².